The summed E-state index contributed by atoms with van der Waals surface area (Å²) in [4.78, 5) is 30.7. The summed E-state index contributed by atoms with van der Waals surface area (Å²) in [5.74, 6) is 0.368. The summed E-state index contributed by atoms with van der Waals surface area (Å²) in [6.45, 7) is 5.52. The van der Waals surface area contributed by atoms with Crippen LogP contribution in [-0.2, 0) is 16.0 Å². The molecule has 21 heavy (non-hydrogen) atoms. The molecule has 5 heteroatoms. The van der Waals surface area contributed by atoms with E-state index in [1.165, 1.54) is 0 Å². The van der Waals surface area contributed by atoms with Crippen molar-refractivity contribution in [2.24, 2.45) is 0 Å². The predicted octanol–water partition coefficient (Wildman–Crippen LogP) is 2.59. The standard InChI is InChI=1S/C16H20N2O3/c1-16(2,3)21-14(19)10-6-9-13-17-12-8-5-4-7-11(12)15(20)18-13/h4-5,7-8H,6,9-10H2,1-3H3,(H,17,18,20). The van der Waals surface area contributed by atoms with Gasteiger partial charge in [-0.1, -0.05) is 12.1 Å². The number of para-hydroxylation sites is 1. The number of esters is 1. The van der Waals surface area contributed by atoms with Crippen LogP contribution in [0.15, 0.2) is 29.1 Å². The van der Waals surface area contributed by atoms with Crippen LogP contribution in [0.25, 0.3) is 10.9 Å². The fraction of sp³-hybridized carbons (Fsp3) is 0.438. The van der Waals surface area contributed by atoms with Gasteiger partial charge < -0.3 is 9.72 Å². The number of fused-ring (bicyclic) bond motifs is 1. The van der Waals surface area contributed by atoms with Gasteiger partial charge in [-0.3, -0.25) is 9.59 Å². The Labute approximate surface area is 123 Å². The van der Waals surface area contributed by atoms with Gasteiger partial charge in [0.2, 0.25) is 0 Å². The predicted molar refractivity (Wildman–Crippen MR) is 81.1 cm³/mol. The third kappa shape index (κ3) is 4.41. The van der Waals surface area contributed by atoms with Gasteiger partial charge in [-0.05, 0) is 39.3 Å². The molecule has 0 saturated heterocycles. The van der Waals surface area contributed by atoms with E-state index in [-0.39, 0.29) is 11.5 Å². The molecule has 0 aliphatic carbocycles. The fourth-order valence-electron chi connectivity index (χ4n) is 2.05. The SMILES string of the molecule is CC(C)(C)OC(=O)CCCc1nc2ccccc2c(=O)[nH]1. The Morgan fingerprint density at radius 2 is 2.00 bits per heavy atom. The smallest absolute Gasteiger partial charge is 0.306 e. The number of nitrogens with zero attached hydrogens (tertiary/aromatic N) is 1. The minimum Gasteiger partial charge on any atom is -0.460 e. The van der Waals surface area contributed by atoms with Crippen molar-refractivity contribution in [3.63, 3.8) is 0 Å². The first-order valence-electron chi connectivity index (χ1n) is 7.05. The Morgan fingerprint density at radius 1 is 1.29 bits per heavy atom. The molecule has 2 aromatic rings. The van der Waals surface area contributed by atoms with Crippen molar-refractivity contribution in [2.45, 2.75) is 45.6 Å². The van der Waals surface area contributed by atoms with Crippen molar-refractivity contribution in [3.05, 3.63) is 40.4 Å². The van der Waals surface area contributed by atoms with Crippen LogP contribution in [0.5, 0.6) is 0 Å². The van der Waals surface area contributed by atoms with Gasteiger partial charge in [0.25, 0.3) is 5.56 Å². The van der Waals surface area contributed by atoms with Crippen molar-refractivity contribution in [3.8, 4) is 0 Å². The topological polar surface area (TPSA) is 72.0 Å². The van der Waals surface area contributed by atoms with E-state index in [1.54, 1.807) is 12.1 Å². The van der Waals surface area contributed by atoms with Crippen LogP contribution >= 0.6 is 0 Å². The molecule has 112 valence electrons. The van der Waals surface area contributed by atoms with Crippen LogP contribution in [0, 0.1) is 0 Å². The van der Waals surface area contributed by atoms with Crippen molar-refractivity contribution in [1.82, 2.24) is 9.97 Å². The molecule has 0 atom stereocenters. The number of hydrogen-bond acceptors (Lipinski definition) is 4. The number of hydrogen-bond donors (Lipinski definition) is 1. The van der Waals surface area contributed by atoms with Crippen LogP contribution in [0.4, 0.5) is 0 Å². The molecule has 0 amide bonds. The third-order valence-corrected chi connectivity index (χ3v) is 2.88. The molecule has 0 fully saturated rings. The molecule has 0 saturated carbocycles. The molecular formula is C16H20N2O3. The lowest BCUT2D eigenvalue weighted by atomic mass is 10.2. The molecule has 1 aromatic heterocycles. The monoisotopic (exact) mass is 288 g/mol. The van der Waals surface area contributed by atoms with E-state index < -0.39 is 5.60 Å². The van der Waals surface area contributed by atoms with Crippen molar-refractivity contribution in [2.75, 3.05) is 0 Å². The summed E-state index contributed by atoms with van der Waals surface area (Å²) in [6, 6.07) is 7.20. The fourth-order valence-corrected chi connectivity index (χ4v) is 2.05. The zero-order chi connectivity index (χ0) is 15.5. The normalized spacial score (nSPS) is 11.6. The van der Waals surface area contributed by atoms with Crippen LogP contribution in [0.2, 0.25) is 0 Å². The number of aryl methyl sites for hydroxylation is 1. The maximum absolute atomic E-state index is 11.9. The number of nitrogens with one attached hydrogen (secondary N) is 1. The van der Waals surface area contributed by atoms with E-state index in [9.17, 15) is 9.59 Å². The second kappa shape index (κ2) is 6.08. The van der Waals surface area contributed by atoms with E-state index >= 15 is 0 Å². The highest BCUT2D eigenvalue weighted by Crippen LogP contribution is 2.11. The first-order valence-corrected chi connectivity index (χ1v) is 7.05. The molecule has 0 aliphatic heterocycles. The van der Waals surface area contributed by atoms with Gasteiger partial charge in [-0.2, -0.15) is 0 Å². The Kier molecular flexibility index (Phi) is 4.40. The molecule has 1 heterocycles. The molecule has 1 N–H and O–H groups in total. The van der Waals surface area contributed by atoms with Gasteiger partial charge >= 0.3 is 5.97 Å². The Balaban J connectivity index is 1.98. The van der Waals surface area contributed by atoms with Crippen molar-refractivity contribution < 1.29 is 9.53 Å². The van der Waals surface area contributed by atoms with Gasteiger partial charge in [-0.15, -0.1) is 0 Å². The van der Waals surface area contributed by atoms with Crippen molar-refractivity contribution >= 4 is 16.9 Å². The Hall–Kier alpha value is -2.17. The zero-order valence-electron chi connectivity index (χ0n) is 12.6. The van der Waals surface area contributed by atoms with E-state index in [0.29, 0.717) is 36.0 Å². The molecule has 5 nitrogen and oxygen atoms in total. The number of rotatable bonds is 4. The highest BCUT2D eigenvalue weighted by molar-refractivity contribution is 5.77. The minimum absolute atomic E-state index is 0.145. The Morgan fingerprint density at radius 3 is 2.71 bits per heavy atom. The number of carbonyl (C=O) groups is 1. The molecular weight excluding hydrogens is 268 g/mol. The minimum atomic E-state index is -0.466. The quantitative estimate of drug-likeness (QED) is 0.878. The van der Waals surface area contributed by atoms with Gasteiger partial charge in [0, 0.05) is 12.8 Å². The highest BCUT2D eigenvalue weighted by atomic mass is 16.6. The molecule has 0 unspecified atom stereocenters. The zero-order valence-corrected chi connectivity index (χ0v) is 12.6. The average Bonchev–Trinajstić information content (AvgIpc) is 2.36. The number of aromatic nitrogens is 2. The van der Waals surface area contributed by atoms with E-state index in [2.05, 4.69) is 9.97 Å². The maximum atomic E-state index is 11.9. The van der Waals surface area contributed by atoms with E-state index in [4.69, 9.17) is 4.74 Å². The summed E-state index contributed by atoms with van der Waals surface area (Å²) in [5.41, 5.74) is 0.0634. The van der Waals surface area contributed by atoms with Gasteiger partial charge in [0.1, 0.15) is 11.4 Å². The number of aromatic amines is 1. The number of ether oxygens (including phenoxy) is 1. The lowest BCUT2D eigenvalue weighted by molar-refractivity contribution is -0.154. The van der Waals surface area contributed by atoms with Crippen molar-refractivity contribution in [1.29, 1.82) is 0 Å². The first kappa shape index (κ1) is 15.2. The third-order valence-electron chi connectivity index (χ3n) is 2.88. The van der Waals surface area contributed by atoms with E-state index in [0.717, 1.165) is 0 Å². The molecule has 0 bridgehead atoms. The molecule has 1 aromatic carbocycles. The second-order valence-electron chi connectivity index (χ2n) is 5.97. The summed E-state index contributed by atoms with van der Waals surface area (Å²) in [6.07, 6.45) is 1.45. The maximum Gasteiger partial charge on any atom is 0.306 e. The molecule has 2 rings (SSSR count). The van der Waals surface area contributed by atoms with Crippen LogP contribution in [0.3, 0.4) is 0 Å². The Bertz CT molecular complexity index is 698. The van der Waals surface area contributed by atoms with Gasteiger partial charge in [0.15, 0.2) is 0 Å². The average molecular weight is 288 g/mol. The summed E-state index contributed by atoms with van der Waals surface area (Å²) < 4.78 is 5.24. The summed E-state index contributed by atoms with van der Waals surface area (Å²) in [5, 5.41) is 0.577. The number of H-pyrrole nitrogens is 1. The van der Waals surface area contributed by atoms with Crippen LogP contribution in [-0.4, -0.2) is 21.5 Å². The highest BCUT2D eigenvalue weighted by Gasteiger charge is 2.15. The lowest BCUT2D eigenvalue weighted by Gasteiger charge is -2.19. The molecule has 0 radical (unpaired) electrons. The first-order chi connectivity index (χ1) is 9.85. The van der Waals surface area contributed by atoms with Gasteiger partial charge in [0.05, 0.1) is 10.9 Å². The second-order valence-corrected chi connectivity index (χ2v) is 5.97. The molecule has 0 spiro atoms. The lowest BCUT2D eigenvalue weighted by Crippen LogP contribution is -2.23. The van der Waals surface area contributed by atoms with Gasteiger partial charge in [-0.25, -0.2) is 4.98 Å². The molecule has 0 aliphatic rings. The van der Waals surface area contributed by atoms with E-state index in [1.807, 2.05) is 32.9 Å². The largest absolute Gasteiger partial charge is 0.460 e. The van der Waals surface area contributed by atoms with Crippen LogP contribution < -0.4 is 5.56 Å². The number of carbonyl (C=O) groups excluding carboxylic acids is 1. The van der Waals surface area contributed by atoms with Crippen LogP contribution in [0.1, 0.15) is 39.4 Å². The summed E-state index contributed by atoms with van der Waals surface area (Å²) in [7, 11) is 0. The summed E-state index contributed by atoms with van der Waals surface area (Å²) >= 11 is 0. The number of benzene rings is 1.